The summed E-state index contributed by atoms with van der Waals surface area (Å²) in [6.07, 6.45) is 2.19. The molecule has 18 heavy (non-hydrogen) atoms. The molecule has 4 N–H and O–H groups in total. The summed E-state index contributed by atoms with van der Waals surface area (Å²) in [5, 5.41) is 9.87. The van der Waals surface area contributed by atoms with Gasteiger partial charge < -0.3 is 10.8 Å². The van der Waals surface area contributed by atoms with Crippen LogP contribution in [-0.4, -0.2) is 25.7 Å². The van der Waals surface area contributed by atoms with Crippen molar-refractivity contribution < 1.29 is 13.5 Å². The van der Waals surface area contributed by atoms with Crippen LogP contribution in [0.4, 0.5) is 5.69 Å². The van der Waals surface area contributed by atoms with Crippen LogP contribution in [0.15, 0.2) is 27.6 Å². The van der Waals surface area contributed by atoms with Crippen molar-refractivity contribution in [1.82, 2.24) is 4.72 Å². The van der Waals surface area contributed by atoms with Crippen LogP contribution in [-0.2, 0) is 10.0 Å². The Bertz CT molecular complexity index is 555. The average Bonchev–Trinajstić information content (AvgIpc) is 2.23. The van der Waals surface area contributed by atoms with Crippen LogP contribution < -0.4 is 10.5 Å². The van der Waals surface area contributed by atoms with Gasteiger partial charge in [0, 0.05) is 11.0 Å². The fourth-order valence-electron chi connectivity index (χ4n) is 1.83. The Morgan fingerprint density at radius 2 is 2.11 bits per heavy atom. The van der Waals surface area contributed by atoms with Crippen LogP contribution in [0.2, 0.25) is 0 Å². The minimum atomic E-state index is -3.67. The van der Waals surface area contributed by atoms with Crippen LogP contribution in [0.25, 0.3) is 0 Å². The Labute approximate surface area is 115 Å². The Kier molecular flexibility index (Phi) is 3.68. The van der Waals surface area contributed by atoms with Crippen molar-refractivity contribution in [1.29, 1.82) is 0 Å². The molecule has 0 radical (unpaired) electrons. The molecule has 7 heteroatoms. The van der Waals surface area contributed by atoms with Gasteiger partial charge in [-0.25, -0.2) is 13.1 Å². The summed E-state index contributed by atoms with van der Waals surface area (Å²) < 4.78 is 27.2. The third kappa shape index (κ3) is 2.85. The summed E-state index contributed by atoms with van der Waals surface area (Å²) in [5.41, 5.74) is 4.97. The number of nitrogens with two attached hydrogens (primary N) is 1. The van der Waals surface area contributed by atoms with E-state index >= 15 is 0 Å². The first-order valence-corrected chi connectivity index (χ1v) is 7.87. The van der Waals surface area contributed by atoms with Gasteiger partial charge >= 0.3 is 0 Å². The molecule has 0 bridgehead atoms. The molecule has 1 saturated carbocycles. The fraction of sp³-hybridized carbons (Fsp3) is 0.455. The predicted octanol–water partition coefficient (Wildman–Crippen LogP) is 1.22. The van der Waals surface area contributed by atoms with Crippen molar-refractivity contribution in [2.45, 2.75) is 29.8 Å². The van der Waals surface area contributed by atoms with E-state index < -0.39 is 15.6 Å². The Morgan fingerprint density at radius 1 is 1.44 bits per heavy atom. The van der Waals surface area contributed by atoms with Gasteiger partial charge in [-0.3, -0.25) is 0 Å². The Balaban J connectivity index is 2.15. The molecule has 0 saturated heterocycles. The highest BCUT2D eigenvalue weighted by atomic mass is 79.9. The highest BCUT2D eigenvalue weighted by molar-refractivity contribution is 9.10. The third-order valence-electron chi connectivity index (χ3n) is 3.14. The summed E-state index contributed by atoms with van der Waals surface area (Å²) >= 11 is 3.22. The second kappa shape index (κ2) is 4.80. The van der Waals surface area contributed by atoms with Crippen LogP contribution in [0, 0.1) is 0 Å². The molecule has 0 aromatic heterocycles. The van der Waals surface area contributed by atoms with Gasteiger partial charge in [-0.2, -0.15) is 0 Å². The second-order valence-corrected chi connectivity index (χ2v) is 7.24. The van der Waals surface area contributed by atoms with Crippen molar-refractivity contribution >= 4 is 31.6 Å². The summed E-state index contributed by atoms with van der Waals surface area (Å²) in [6, 6.07) is 4.59. The number of sulfonamides is 1. The van der Waals surface area contributed by atoms with Gasteiger partial charge in [0.1, 0.15) is 4.90 Å². The Hall–Kier alpha value is -0.630. The lowest BCUT2D eigenvalue weighted by Gasteiger charge is -2.36. The second-order valence-electron chi connectivity index (χ2n) is 4.58. The maximum atomic E-state index is 12.0. The molecule has 5 nitrogen and oxygen atoms in total. The van der Waals surface area contributed by atoms with Gasteiger partial charge in [-0.1, -0.05) is 15.9 Å². The van der Waals surface area contributed by atoms with E-state index in [2.05, 4.69) is 20.7 Å². The smallest absolute Gasteiger partial charge is 0.242 e. The average molecular weight is 335 g/mol. The van der Waals surface area contributed by atoms with E-state index in [1.807, 2.05) is 0 Å². The fourth-order valence-corrected chi connectivity index (χ4v) is 3.44. The Morgan fingerprint density at radius 3 is 2.61 bits per heavy atom. The lowest BCUT2D eigenvalue weighted by atomic mass is 9.81. The van der Waals surface area contributed by atoms with Crippen LogP contribution in [0.5, 0.6) is 0 Å². The summed E-state index contributed by atoms with van der Waals surface area (Å²) in [5.74, 6) is 0. The molecule has 1 aliphatic rings. The minimum Gasteiger partial charge on any atom is -0.398 e. The first kappa shape index (κ1) is 13.8. The van der Waals surface area contributed by atoms with Crippen molar-refractivity contribution in [2.24, 2.45) is 0 Å². The van der Waals surface area contributed by atoms with E-state index in [9.17, 15) is 13.5 Å². The lowest BCUT2D eigenvalue weighted by Crippen LogP contribution is -2.47. The maximum absolute atomic E-state index is 12.0. The molecule has 1 fully saturated rings. The zero-order valence-corrected chi connectivity index (χ0v) is 12.1. The van der Waals surface area contributed by atoms with E-state index in [-0.39, 0.29) is 17.1 Å². The number of hydrogen-bond donors (Lipinski definition) is 3. The topological polar surface area (TPSA) is 92.4 Å². The molecule has 0 aliphatic heterocycles. The first-order valence-electron chi connectivity index (χ1n) is 5.60. The molecular weight excluding hydrogens is 320 g/mol. The SMILES string of the molecule is Nc1cc(Br)ccc1S(=O)(=O)NCC1(O)CCC1. The molecule has 1 aromatic rings. The summed E-state index contributed by atoms with van der Waals surface area (Å²) in [7, 11) is -3.67. The maximum Gasteiger partial charge on any atom is 0.242 e. The van der Waals surface area contributed by atoms with E-state index in [4.69, 9.17) is 5.73 Å². The zero-order chi connectivity index (χ0) is 13.4. The quantitative estimate of drug-likeness (QED) is 0.722. The zero-order valence-electron chi connectivity index (χ0n) is 9.69. The number of benzene rings is 1. The van der Waals surface area contributed by atoms with Crippen LogP contribution in [0.3, 0.4) is 0 Å². The molecule has 0 heterocycles. The van der Waals surface area contributed by atoms with Crippen molar-refractivity contribution in [2.75, 3.05) is 12.3 Å². The largest absolute Gasteiger partial charge is 0.398 e. The normalized spacial score (nSPS) is 18.3. The first-order chi connectivity index (χ1) is 8.32. The van der Waals surface area contributed by atoms with E-state index in [1.165, 1.54) is 12.1 Å². The molecule has 0 spiro atoms. The molecule has 100 valence electrons. The van der Waals surface area contributed by atoms with Gasteiger partial charge in [-0.05, 0) is 37.5 Å². The summed E-state index contributed by atoms with van der Waals surface area (Å²) in [6.45, 7) is 0.0326. The molecule has 0 amide bonds. The number of nitrogens with one attached hydrogen (secondary N) is 1. The van der Waals surface area contributed by atoms with Gasteiger partial charge in [0.05, 0.1) is 11.3 Å². The van der Waals surface area contributed by atoms with Crippen molar-refractivity contribution in [3.8, 4) is 0 Å². The number of rotatable bonds is 4. The van der Waals surface area contributed by atoms with E-state index in [0.717, 1.165) is 10.9 Å². The predicted molar refractivity (Wildman–Crippen MR) is 72.5 cm³/mol. The van der Waals surface area contributed by atoms with Crippen LogP contribution >= 0.6 is 15.9 Å². The molecule has 0 unspecified atom stereocenters. The highest BCUT2D eigenvalue weighted by Gasteiger charge is 2.35. The molecule has 1 aliphatic carbocycles. The molecular formula is C11H15BrN2O3S. The van der Waals surface area contributed by atoms with Crippen molar-refractivity contribution in [3.05, 3.63) is 22.7 Å². The number of nitrogen functional groups attached to an aromatic ring is 1. The minimum absolute atomic E-state index is 0.0326. The highest BCUT2D eigenvalue weighted by Crippen LogP contribution is 2.31. The lowest BCUT2D eigenvalue weighted by molar-refractivity contribution is -0.0270. The van der Waals surface area contributed by atoms with E-state index in [1.54, 1.807) is 6.07 Å². The van der Waals surface area contributed by atoms with Crippen LogP contribution in [0.1, 0.15) is 19.3 Å². The number of anilines is 1. The third-order valence-corrected chi connectivity index (χ3v) is 5.11. The monoisotopic (exact) mass is 334 g/mol. The van der Waals surface area contributed by atoms with Gasteiger partial charge in [0.15, 0.2) is 0 Å². The number of hydrogen-bond acceptors (Lipinski definition) is 4. The number of halogens is 1. The van der Waals surface area contributed by atoms with E-state index in [0.29, 0.717) is 12.8 Å². The molecule has 2 rings (SSSR count). The molecule has 1 aromatic carbocycles. The summed E-state index contributed by atoms with van der Waals surface area (Å²) in [4.78, 5) is 0.0358. The van der Waals surface area contributed by atoms with Gasteiger partial charge in [0.2, 0.25) is 10.0 Å². The van der Waals surface area contributed by atoms with Gasteiger partial charge in [0.25, 0.3) is 0 Å². The standard InChI is InChI=1S/C11H15BrN2O3S/c12-8-2-3-10(9(13)6-8)18(16,17)14-7-11(15)4-1-5-11/h2-3,6,14-15H,1,4-5,7,13H2. The molecule has 0 atom stereocenters. The number of aliphatic hydroxyl groups is 1. The van der Waals surface area contributed by atoms with Crippen molar-refractivity contribution in [3.63, 3.8) is 0 Å². The van der Waals surface area contributed by atoms with Gasteiger partial charge in [-0.15, -0.1) is 0 Å².